The van der Waals surface area contributed by atoms with Gasteiger partial charge >= 0.3 is 0 Å². The maximum Gasteiger partial charge on any atom is 0.184 e. The number of methoxy groups -OCH3 is 1. The molecule has 0 saturated carbocycles. The van der Waals surface area contributed by atoms with Gasteiger partial charge in [-0.15, -0.1) is 0 Å². The number of hydrogen-bond acceptors (Lipinski definition) is 4. The molecular weight excluding hydrogens is 206 g/mol. The van der Waals surface area contributed by atoms with E-state index in [1.807, 2.05) is 13.0 Å². The summed E-state index contributed by atoms with van der Waals surface area (Å²) in [5.41, 5.74) is 1.96. The number of aryl methyl sites for hydroxylation is 1. The van der Waals surface area contributed by atoms with Crippen LogP contribution >= 0.6 is 0 Å². The number of carbonyl (C=O) groups excluding carboxylic acids is 1. The van der Waals surface area contributed by atoms with Crippen LogP contribution in [-0.2, 0) is 6.42 Å². The van der Waals surface area contributed by atoms with Crippen molar-refractivity contribution in [2.75, 3.05) is 13.7 Å². The lowest BCUT2D eigenvalue weighted by Gasteiger charge is -2.11. The van der Waals surface area contributed by atoms with Crippen molar-refractivity contribution in [3.8, 4) is 5.75 Å². The highest BCUT2D eigenvalue weighted by atomic mass is 16.5. The maximum absolute atomic E-state index is 11.7. The second kappa shape index (κ2) is 5.61. The van der Waals surface area contributed by atoms with Gasteiger partial charge < -0.3 is 9.84 Å². The van der Waals surface area contributed by atoms with E-state index in [1.54, 1.807) is 6.92 Å². The molecule has 0 aliphatic heterocycles. The molecule has 0 amide bonds. The number of ether oxygens (including phenoxy) is 1. The summed E-state index contributed by atoms with van der Waals surface area (Å²) in [6.45, 7) is 3.68. The number of rotatable bonds is 5. The molecule has 4 nitrogen and oxygen atoms in total. The van der Waals surface area contributed by atoms with Crippen LogP contribution in [0.2, 0.25) is 0 Å². The van der Waals surface area contributed by atoms with Crippen molar-refractivity contribution < 1.29 is 14.6 Å². The first-order chi connectivity index (χ1) is 7.63. The van der Waals surface area contributed by atoms with E-state index < -0.39 is 0 Å². The molecule has 0 unspecified atom stereocenters. The van der Waals surface area contributed by atoms with E-state index in [0.717, 1.165) is 11.3 Å². The Labute approximate surface area is 95.3 Å². The van der Waals surface area contributed by atoms with Gasteiger partial charge in [-0.1, -0.05) is 6.92 Å². The van der Waals surface area contributed by atoms with Gasteiger partial charge in [0.15, 0.2) is 11.5 Å². The lowest BCUT2D eigenvalue weighted by atomic mass is 10.1. The molecule has 16 heavy (non-hydrogen) atoms. The van der Waals surface area contributed by atoms with Gasteiger partial charge in [0.25, 0.3) is 0 Å². The Kier molecular flexibility index (Phi) is 4.43. The number of carbonyl (C=O) groups is 1. The van der Waals surface area contributed by atoms with Crippen molar-refractivity contribution in [2.24, 2.45) is 0 Å². The van der Waals surface area contributed by atoms with Gasteiger partial charge in [0, 0.05) is 25.1 Å². The van der Waals surface area contributed by atoms with Crippen LogP contribution in [0.3, 0.4) is 0 Å². The van der Waals surface area contributed by atoms with Gasteiger partial charge in [-0.3, -0.25) is 4.79 Å². The summed E-state index contributed by atoms with van der Waals surface area (Å²) in [6, 6.07) is 1.83. The van der Waals surface area contributed by atoms with Crippen molar-refractivity contribution in [1.82, 2.24) is 4.98 Å². The first-order valence-electron chi connectivity index (χ1n) is 5.32. The maximum atomic E-state index is 11.7. The fraction of sp³-hybridized carbons (Fsp3) is 0.500. The summed E-state index contributed by atoms with van der Waals surface area (Å²) in [4.78, 5) is 15.9. The Morgan fingerprint density at radius 2 is 2.25 bits per heavy atom. The Morgan fingerprint density at radius 3 is 2.75 bits per heavy atom. The van der Waals surface area contributed by atoms with E-state index in [4.69, 9.17) is 9.84 Å². The lowest BCUT2D eigenvalue weighted by Crippen LogP contribution is -2.08. The van der Waals surface area contributed by atoms with Crippen LogP contribution in [-0.4, -0.2) is 29.6 Å². The minimum Gasteiger partial charge on any atom is -0.494 e. The molecule has 0 atom stereocenters. The number of nitrogens with zero attached hydrogens (tertiary/aromatic N) is 1. The van der Waals surface area contributed by atoms with Gasteiger partial charge in [0.05, 0.1) is 7.11 Å². The molecule has 1 rings (SSSR count). The molecule has 1 N–H and O–H groups in total. The van der Waals surface area contributed by atoms with E-state index in [0.29, 0.717) is 24.3 Å². The number of hydrogen-bond donors (Lipinski definition) is 1. The molecule has 0 aliphatic rings. The van der Waals surface area contributed by atoms with Crippen molar-refractivity contribution in [1.29, 1.82) is 0 Å². The molecule has 0 radical (unpaired) electrons. The van der Waals surface area contributed by atoms with Crippen molar-refractivity contribution >= 4 is 5.78 Å². The molecule has 0 aromatic carbocycles. The Hall–Kier alpha value is -1.42. The van der Waals surface area contributed by atoms with E-state index in [2.05, 4.69) is 4.98 Å². The third kappa shape index (κ3) is 2.58. The summed E-state index contributed by atoms with van der Waals surface area (Å²) >= 11 is 0. The average molecular weight is 223 g/mol. The van der Waals surface area contributed by atoms with Gasteiger partial charge in [-0.05, 0) is 18.6 Å². The van der Waals surface area contributed by atoms with Crippen LogP contribution in [0.4, 0.5) is 0 Å². The largest absolute Gasteiger partial charge is 0.494 e. The zero-order valence-electron chi connectivity index (χ0n) is 9.91. The highest BCUT2D eigenvalue weighted by molar-refractivity contribution is 5.97. The smallest absolute Gasteiger partial charge is 0.184 e. The predicted octanol–water partition coefficient (Wildman–Crippen LogP) is 1.53. The Bertz CT molecular complexity index is 388. The third-order valence-electron chi connectivity index (χ3n) is 2.37. The van der Waals surface area contributed by atoms with Crippen molar-refractivity contribution in [3.05, 3.63) is 23.0 Å². The van der Waals surface area contributed by atoms with Crippen LogP contribution in [0.5, 0.6) is 5.75 Å². The number of aliphatic hydroxyl groups excluding tert-OH is 1. The summed E-state index contributed by atoms with van der Waals surface area (Å²) in [6.07, 6.45) is 0.847. The first kappa shape index (κ1) is 12.6. The zero-order chi connectivity index (χ0) is 12.1. The second-order valence-corrected chi connectivity index (χ2v) is 3.56. The van der Waals surface area contributed by atoms with Gasteiger partial charge in [-0.25, -0.2) is 4.98 Å². The second-order valence-electron chi connectivity index (χ2n) is 3.56. The van der Waals surface area contributed by atoms with Crippen LogP contribution in [0, 0.1) is 6.92 Å². The predicted molar refractivity (Wildman–Crippen MR) is 60.9 cm³/mol. The highest BCUT2D eigenvalue weighted by Gasteiger charge is 2.16. The van der Waals surface area contributed by atoms with E-state index >= 15 is 0 Å². The molecular formula is C12H17NO3. The van der Waals surface area contributed by atoms with Crippen LogP contribution in [0.15, 0.2) is 6.07 Å². The summed E-state index contributed by atoms with van der Waals surface area (Å²) in [7, 11) is 1.53. The molecule has 1 heterocycles. The summed E-state index contributed by atoms with van der Waals surface area (Å²) < 4.78 is 5.19. The molecule has 4 heteroatoms. The van der Waals surface area contributed by atoms with Crippen LogP contribution in [0.1, 0.15) is 35.1 Å². The SMILES string of the molecule is CCC(=O)c1nc(CCO)cc(C)c1OC. The number of aliphatic hydroxyl groups is 1. The van der Waals surface area contributed by atoms with E-state index in [1.165, 1.54) is 7.11 Å². The number of Topliss-reactive ketones (excluding diaryl/α,β-unsaturated/α-hetero) is 1. The topological polar surface area (TPSA) is 59.4 Å². The fourth-order valence-electron chi connectivity index (χ4n) is 1.59. The van der Waals surface area contributed by atoms with E-state index in [-0.39, 0.29) is 12.4 Å². The summed E-state index contributed by atoms with van der Waals surface area (Å²) in [5, 5.41) is 8.87. The van der Waals surface area contributed by atoms with Gasteiger partial charge in [-0.2, -0.15) is 0 Å². The molecule has 1 aromatic rings. The molecule has 0 saturated heterocycles. The van der Waals surface area contributed by atoms with Crippen molar-refractivity contribution in [2.45, 2.75) is 26.7 Å². The molecule has 0 bridgehead atoms. The standard InChI is InChI=1S/C12H17NO3/c1-4-10(15)11-12(16-3)8(2)7-9(13-11)5-6-14/h7,14H,4-6H2,1-3H3. The fourth-order valence-corrected chi connectivity index (χ4v) is 1.59. The summed E-state index contributed by atoms with van der Waals surface area (Å²) in [5.74, 6) is 0.494. The molecule has 88 valence electrons. The zero-order valence-corrected chi connectivity index (χ0v) is 9.91. The molecule has 0 aliphatic carbocycles. The van der Waals surface area contributed by atoms with Crippen LogP contribution < -0.4 is 4.74 Å². The van der Waals surface area contributed by atoms with E-state index in [9.17, 15) is 4.79 Å². The van der Waals surface area contributed by atoms with Crippen LogP contribution in [0.25, 0.3) is 0 Å². The monoisotopic (exact) mass is 223 g/mol. The molecule has 0 fully saturated rings. The Morgan fingerprint density at radius 1 is 1.56 bits per heavy atom. The first-order valence-corrected chi connectivity index (χ1v) is 5.32. The number of aromatic nitrogens is 1. The minimum atomic E-state index is -0.0419. The van der Waals surface area contributed by atoms with Crippen molar-refractivity contribution in [3.63, 3.8) is 0 Å². The van der Waals surface area contributed by atoms with Gasteiger partial charge in [0.1, 0.15) is 5.69 Å². The van der Waals surface area contributed by atoms with Gasteiger partial charge in [0.2, 0.25) is 0 Å². The molecule has 1 aromatic heterocycles. The minimum absolute atomic E-state index is 0.0263. The highest BCUT2D eigenvalue weighted by Crippen LogP contribution is 2.23. The quantitative estimate of drug-likeness (QED) is 0.769. The third-order valence-corrected chi connectivity index (χ3v) is 2.37. The number of ketones is 1. The average Bonchev–Trinajstić information content (AvgIpc) is 2.27. The molecule has 0 spiro atoms. The lowest BCUT2D eigenvalue weighted by molar-refractivity contribution is 0.0979. The number of pyridine rings is 1. The normalized spacial score (nSPS) is 10.2. The Balaban J connectivity index is 3.24.